The summed E-state index contributed by atoms with van der Waals surface area (Å²) in [4.78, 5) is 21.7. The number of nitrogens with zero attached hydrogens (tertiary/aromatic N) is 6. The van der Waals surface area contributed by atoms with Gasteiger partial charge in [0, 0.05) is 17.2 Å². The number of halogens is 1. The van der Waals surface area contributed by atoms with Gasteiger partial charge in [-0.15, -0.1) is 5.10 Å². The summed E-state index contributed by atoms with van der Waals surface area (Å²) in [5, 5.41) is 8.27. The molecule has 0 aliphatic heterocycles. The van der Waals surface area contributed by atoms with Gasteiger partial charge in [-0.2, -0.15) is 4.98 Å². The predicted molar refractivity (Wildman–Crippen MR) is 113 cm³/mol. The summed E-state index contributed by atoms with van der Waals surface area (Å²) in [6.07, 6.45) is 0. The van der Waals surface area contributed by atoms with Gasteiger partial charge in [0.05, 0.1) is 12.8 Å². The zero-order chi connectivity index (χ0) is 22.2. The fraction of sp³-hybridized carbons (Fsp3) is 0.136. The maximum atomic E-state index is 13.5. The van der Waals surface area contributed by atoms with Gasteiger partial charge in [-0.1, -0.05) is 17.3 Å². The van der Waals surface area contributed by atoms with Crippen molar-refractivity contribution in [2.24, 2.45) is 0 Å². The van der Waals surface area contributed by atoms with Crippen molar-refractivity contribution in [2.75, 3.05) is 7.11 Å². The van der Waals surface area contributed by atoms with Crippen LogP contribution in [0.5, 0.6) is 5.75 Å². The summed E-state index contributed by atoms with van der Waals surface area (Å²) in [5.74, 6) is 1.24. The second-order valence-electron chi connectivity index (χ2n) is 7.07. The fourth-order valence-electron chi connectivity index (χ4n) is 3.41. The second kappa shape index (κ2) is 7.73. The van der Waals surface area contributed by atoms with Crippen molar-refractivity contribution in [2.45, 2.75) is 13.5 Å². The predicted octanol–water partition coefficient (Wildman–Crippen LogP) is 3.11. The van der Waals surface area contributed by atoms with Crippen LogP contribution in [0.2, 0.25) is 0 Å². The summed E-state index contributed by atoms with van der Waals surface area (Å²) in [6, 6.07) is 15.1. The zero-order valence-corrected chi connectivity index (χ0v) is 17.2. The lowest BCUT2D eigenvalue weighted by Gasteiger charge is -2.05. The summed E-state index contributed by atoms with van der Waals surface area (Å²) in [6.45, 7) is 1.71. The van der Waals surface area contributed by atoms with E-state index >= 15 is 0 Å². The Morgan fingerprint density at radius 3 is 2.62 bits per heavy atom. The minimum absolute atomic E-state index is 0.0276. The molecule has 3 aromatic heterocycles. The van der Waals surface area contributed by atoms with Crippen LogP contribution in [0.3, 0.4) is 0 Å². The van der Waals surface area contributed by atoms with E-state index in [0.29, 0.717) is 22.7 Å². The molecule has 0 radical (unpaired) electrons. The highest BCUT2D eigenvalue weighted by molar-refractivity contribution is 5.64. The van der Waals surface area contributed by atoms with Gasteiger partial charge < -0.3 is 9.26 Å². The van der Waals surface area contributed by atoms with E-state index in [2.05, 4.69) is 20.2 Å². The average molecular weight is 432 g/mol. The highest BCUT2D eigenvalue weighted by atomic mass is 19.1. The molecule has 0 saturated heterocycles. The third-order valence-electron chi connectivity index (χ3n) is 4.96. The highest BCUT2D eigenvalue weighted by Crippen LogP contribution is 2.22. The maximum Gasteiger partial charge on any atom is 0.352 e. The molecule has 160 valence electrons. The van der Waals surface area contributed by atoms with Gasteiger partial charge in [0.25, 0.3) is 0 Å². The van der Waals surface area contributed by atoms with E-state index in [1.165, 1.54) is 21.2 Å². The molecule has 0 spiro atoms. The molecule has 32 heavy (non-hydrogen) atoms. The van der Waals surface area contributed by atoms with Crippen LogP contribution in [-0.4, -0.2) is 36.4 Å². The number of ether oxygens (including phenoxy) is 1. The number of hydrogen-bond acceptors (Lipinski definition) is 7. The van der Waals surface area contributed by atoms with Crippen LogP contribution in [0, 0.1) is 12.7 Å². The standard InChI is InChI=1S/C22H17FN6O3/c1-13-24-18(14-6-8-17(31-2)9-7-14)11-19-26-28(22(30)29(13)19)12-20-25-21(27-32-20)15-4-3-5-16(23)10-15/h3-11H,12H2,1-2H3. The molecule has 5 rings (SSSR count). The third-order valence-corrected chi connectivity index (χ3v) is 4.96. The van der Waals surface area contributed by atoms with Crippen molar-refractivity contribution in [3.8, 4) is 28.4 Å². The summed E-state index contributed by atoms with van der Waals surface area (Å²) < 4.78 is 26.5. The van der Waals surface area contributed by atoms with Crippen molar-refractivity contribution >= 4 is 5.65 Å². The first-order valence-electron chi connectivity index (χ1n) is 9.72. The Bertz CT molecular complexity index is 1490. The van der Waals surface area contributed by atoms with E-state index in [1.54, 1.807) is 32.2 Å². The van der Waals surface area contributed by atoms with Crippen LogP contribution in [0.4, 0.5) is 4.39 Å². The van der Waals surface area contributed by atoms with Crippen LogP contribution < -0.4 is 10.4 Å². The van der Waals surface area contributed by atoms with Crippen molar-refractivity contribution in [1.82, 2.24) is 29.3 Å². The van der Waals surface area contributed by atoms with Crippen molar-refractivity contribution in [1.29, 1.82) is 0 Å². The maximum absolute atomic E-state index is 13.5. The van der Waals surface area contributed by atoms with Gasteiger partial charge in [-0.25, -0.2) is 23.3 Å². The van der Waals surface area contributed by atoms with E-state index < -0.39 is 5.82 Å². The lowest BCUT2D eigenvalue weighted by molar-refractivity contribution is 0.364. The molecule has 0 fully saturated rings. The number of aromatic nitrogens is 6. The topological polar surface area (TPSA) is 100 Å². The molecule has 0 saturated carbocycles. The van der Waals surface area contributed by atoms with Gasteiger partial charge >= 0.3 is 5.69 Å². The van der Waals surface area contributed by atoms with Crippen LogP contribution >= 0.6 is 0 Å². The average Bonchev–Trinajstić information content (AvgIpc) is 3.39. The molecule has 0 atom stereocenters. The molecular formula is C22H17FN6O3. The van der Waals surface area contributed by atoms with E-state index in [9.17, 15) is 9.18 Å². The molecule has 0 unspecified atom stereocenters. The van der Waals surface area contributed by atoms with Gasteiger partial charge in [0.15, 0.2) is 5.65 Å². The number of benzene rings is 2. The molecule has 2 aromatic carbocycles. The molecule has 5 aromatic rings. The number of hydrogen-bond donors (Lipinski definition) is 0. The lowest BCUT2D eigenvalue weighted by Crippen LogP contribution is -2.23. The van der Waals surface area contributed by atoms with Crippen LogP contribution in [0.1, 0.15) is 11.7 Å². The smallest absolute Gasteiger partial charge is 0.352 e. The first-order valence-corrected chi connectivity index (χ1v) is 9.72. The highest BCUT2D eigenvalue weighted by Gasteiger charge is 2.16. The number of rotatable bonds is 5. The van der Waals surface area contributed by atoms with Gasteiger partial charge in [0.2, 0.25) is 11.7 Å². The third kappa shape index (κ3) is 3.51. The molecule has 10 heteroatoms. The van der Waals surface area contributed by atoms with E-state index in [0.717, 1.165) is 11.3 Å². The van der Waals surface area contributed by atoms with Crippen molar-refractivity contribution < 1.29 is 13.7 Å². The molecule has 0 N–H and O–H groups in total. The largest absolute Gasteiger partial charge is 0.497 e. The molecule has 0 amide bonds. The lowest BCUT2D eigenvalue weighted by atomic mass is 10.1. The Morgan fingerprint density at radius 1 is 1.06 bits per heavy atom. The summed E-state index contributed by atoms with van der Waals surface area (Å²) in [7, 11) is 1.60. The molecular weight excluding hydrogens is 415 g/mol. The second-order valence-corrected chi connectivity index (χ2v) is 7.07. The zero-order valence-electron chi connectivity index (χ0n) is 17.2. The minimum Gasteiger partial charge on any atom is -0.497 e. The van der Waals surface area contributed by atoms with Crippen molar-refractivity contribution in [3.05, 3.63) is 82.6 Å². The van der Waals surface area contributed by atoms with Crippen LogP contribution in [-0.2, 0) is 6.54 Å². The van der Waals surface area contributed by atoms with E-state index in [-0.39, 0.29) is 23.9 Å². The summed E-state index contributed by atoms with van der Waals surface area (Å²) >= 11 is 0. The Balaban J connectivity index is 1.48. The van der Waals surface area contributed by atoms with Gasteiger partial charge in [-0.05, 0) is 43.3 Å². The first-order chi connectivity index (χ1) is 15.5. The first kappa shape index (κ1) is 19.6. The quantitative estimate of drug-likeness (QED) is 0.421. The molecule has 0 bridgehead atoms. The van der Waals surface area contributed by atoms with Gasteiger partial charge in [-0.3, -0.25) is 0 Å². The number of aryl methyl sites for hydroxylation is 1. The Labute approximate surface area is 180 Å². The van der Waals surface area contributed by atoms with Gasteiger partial charge in [0.1, 0.15) is 23.9 Å². The van der Waals surface area contributed by atoms with E-state index in [4.69, 9.17) is 9.26 Å². The molecule has 3 heterocycles. The fourth-order valence-corrected chi connectivity index (χ4v) is 3.41. The summed E-state index contributed by atoms with van der Waals surface area (Å²) in [5.41, 5.74) is 2.09. The Kier molecular flexibility index (Phi) is 4.74. The molecule has 9 nitrogen and oxygen atoms in total. The van der Waals surface area contributed by atoms with Crippen LogP contribution in [0.15, 0.2) is 63.9 Å². The molecule has 0 aliphatic rings. The Morgan fingerprint density at radius 2 is 1.88 bits per heavy atom. The number of fused-ring (bicyclic) bond motifs is 1. The van der Waals surface area contributed by atoms with E-state index in [1.807, 2.05) is 24.3 Å². The Hall–Kier alpha value is -4.34. The SMILES string of the molecule is COc1ccc(-c2cc3nn(Cc4nc(-c5cccc(F)c5)no4)c(=O)n3c(C)n2)cc1. The van der Waals surface area contributed by atoms with Crippen LogP contribution in [0.25, 0.3) is 28.3 Å². The molecule has 0 aliphatic carbocycles. The normalized spacial score (nSPS) is 11.2. The monoisotopic (exact) mass is 432 g/mol. The minimum atomic E-state index is -0.402. The number of methoxy groups -OCH3 is 1. The van der Waals surface area contributed by atoms with Crippen molar-refractivity contribution in [3.63, 3.8) is 0 Å².